The molecule has 26 heavy (non-hydrogen) atoms. The molecule has 0 radical (unpaired) electrons. The number of hydrogen-bond donors (Lipinski definition) is 1. The number of nitrogens with one attached hydrogen (secondary N) is 1. The molecule has 1 amide bonds. The minimum absolute atomic E-state index is 0.0407. The van der Waals surface area contributed by atoms with Gasteiger partial charge in [0.15, 0.2) is 0 Å². The fraction of sp³-hybridized carbons (Fsp3) is 0.611. The maximum atomic E-state index is 12.2. The summed E-state index contributed by atoms with van der Waals surface area (Å²) >= 11 is 0. The van der Waals surface area contributed by atoms with Crippen molar-refractivity contribution in [2.75, 3.05) is 63.4 Å². The summed E-state index contributed by atoms with van der Waals surface area (Å²) in [6, 6.07) is 6.64. The monoisotopic (exact) mass is 382 g/mol. The maximum absolute atomic E-state index is 12.2. The maximum Gasteiger partial charge on any atom is 0.251 e. The van der Waals surface area contributed by atoms with E-state index in [1.807, 2.05) is 0 Å². The molecule has 0 aliphatic carbocycles. The Balaban J connectivity index is 1.77. The van der Waals surface area contributed by atoms with Crippen LogP contribution in [-0.2, 0) is 10.0 Å². The van der Waals surface area contributed by atoms with Gasteiger partial charge in [-0.15, -0.1) is 0 Å². The van der Waals surface area contributed by atoms with E-state index in [1.165, 1.54) is 11.4 Å². The zero-order chi connectivity index (χ0) is 19.2. The Bertz CT molecular complexity index is 683. The van der Waals surface area contributed by atoms with Gasteiger partial charge in [-0.2, -0.15) is 0 Å². The Morgan fingerprint density at radius 1 is 1.15 bits per heavy atom. The number of sulfonamides is 1. The smallest absolute Gasteiger partial charge is 0.251 e. The minimum atomic E-state index is -3.29. The lowest BCUT2D eigenvalue weighted by Crippen LogP contribution is -2.45. The van der Waals surface area contributed by atoms with Gasteiger partial charge in [-0.3, -0.25) is 9.10 Å². The standard InChI is InChI=1S/C18H30N4O3S/c1-4-26(24,25)21(3)17-8-6-16(7-9-17)18(23)19-10-5-11-22-14-12-20(2)13-15-22/h6-9H,4-5,10-15H2,1-3H3,(H,19,23). The third-order valence-corrected chi connectivity index (χ3v) is 6.58. The zero-order valence-electron chi connectivity index (χ0n) is 15.9. The lowest BCUT2D eigenvalue weighted by atomic mass is 10.2. The quantitative estimate of drug-likeness (QED) is 0.675. The summed E-state index contributed by atoms with van der Waals surface area (Å²) in [6.07, 6.45) is 0.922. The molecule has 1 aromatic carbocycles. The number of likely N-dealkylation sites (N-methyl/N-ethyl adjacent to an activating group) is 1. The van der Waals surface area contributed by atoms with Crippen LogP contribution < -0.4 is 9.62 Å². The molecule has 1 N–H and O–H groups in total. The number of amides is 1. The minimum Gasteiger partial charge on any atom is -0.352 e. The topological polar surface area (TPSA) is 73.0 Å². The number of piperazine rings is 1. The molecule has 0 spiro atoms. The van der Waals surface area contributed by atoms with Gasteiger partial charge < -0.3 is 15.1 Å². The molecule has 1 saturated heterocycles. The van der Waals surface area contributed by atoms with Crippen LogP contribution >= 0.6 is 0 Å². The first-order valence-electron chi connectivity index (χ1n) is 9.09. The lowest BCUT2D eigenvalue weighted by molar-refractivity contribution is 0.0949. The molecule has 0 atom stereocenters. The number of benzene rings is 1. The third kappa shape index (κ3) is 5.69. The number of rotatable bonds is 8. The first-order chi connectivity index (χ1) is 12.3. The van der Waals surface area contributed by atoms with E-state index in [4.69, 9.17) is 0 Å². The number of carbonyl (C=O) groups is 1. The van der Waals surface area contributed by atoms with E-state index >= 15 is 0 Å². The molecule has 146 valence electrons. The van der Waals surface area contributed by atoms with Crippen molar-refractivity contribution in [3.05, 3.63) is 29.8 Å². The molecular weight excluding hydrogens is 352 g/mol. The van der Waals surface area contributed by atoms with E-state index in [9.17, 15) is 13.2 Å². The van der Waals surface area contributed by atoms with Gasteiger partial charge in [0.1, 0.15) is 0 Å². The molecule has 0 saturated carbocycles. The van der Waals surface area contributed by atoms with Crippen molar-refractivity contribution in [2.24, 2.45) is 0 Å². The van der Waals surface area contributed by atoms with Gasteiger partial charge in [0.05, 0.1) is 11.4 Å². The summed E-state index contributed by atoms with van der Waals surface area (Å²) in [5.41, 5.74) is 1.09. The highest BCUT2D eigenvalue weighted by atomic mass is 32.2. The Hall–Kier alpha value is -1.64. The second kappa shape index (κ2) is 9.34. The summed E-state index contributed by atoms with van der Waals surface area (Å²) in [5, 5.41) is 2.93. The molecule has 0 bridgehead atoms. The van der Waals surface area contributed by atoms with Crippen molar-refractivity contribution in [1.29, 1.82) is 0 Å². The van der Waals surface area contributed by atoms with Gasteiger partial charge in [-0.1, -0.05) is 0 Å². The molecule has 7 nitrogen and oxygen atoms in total. The largest absolute Gasteiger partial charge is 0.352 e. The van der Waals surface area contributed by atoms with Crippen LogP contribution in [0.2, 0.25) is 0 Å². The zero-order valence-corrected chi connectivity index (χ0v) is 16.8. The highest BCUT2D eigenvalue weighted by molar-refractivity contribution is 7.92. The Morgan fingerprint density at radius 2 is 1.77 bits per heavy atom. The van der Waals surface area contributed by atoms with Crippen molar-refractivity contribution in [3.63, 3.8) is 0 Å². The molecule has 0 unspecified atom stereocenters. The molecule has 1 aromatic rings. The summed E-state index contributed by atoms with van der Waals surface area (Å²) in [4.78, 5) is 17.0. The molecular formula is C18H30N4O3S. The molecule has 1 aliphatic heterocycles. The fourth-order valence-corrected chi connectivity index (χ4v) is 3.69. The van der Waals surface area contributed by atoms with Crippen LogP contribution in [-0.4, -0.2) is 83.2 Å². The summed E-state index contributed by atoms with van der Waals surface area (Å²) in [6.45, 7) is 7.60. The predicted molar refractivity (Wildman–Crippen MR) is 105 cm³/mol. The Labute approximate surface area is 157 Å². The van der Waals surface area contributed by atoms with Gasteiger partial charge in [-0.25, -0.2) is 8.42 Å². The van der Waals surface area contributed by atoms with Gasteiger partial charge in [-0.05, 0) is 51.2 Å². The number of anilines is 1. The van der Waals surface area contributed by atoms with Crippen molar-refractivity contribution in [2.45, 2.75) is 13.3 Å². The molecule has 2 rings (SSSR count). The first kappa shape index (κ1) is 20.7. The van der Waals surface area contributed by atoms with Crippen LogP contribution in [0.3, 0.4) is 0 Å². The lowest BCUT2D eigenvalue weighted by Gasteiger charge is -2.32. The second-order valence-corrected chi connectivity index (χ2v) is 8.96. The average Bonchev–Trinajstić information content (AvgIpc) is 2.66. The molecule has 0 aromatic heterocycles. The second-order valence-electron chi connectivity index (χ2n) is 6.67. The van der Waals surface area contributed by atoms with Crippen LogP contribution in [0.25, 0.3) is 0 Å². The van der Waals surface area contributed by atoms with Gasteiger partial charge in [0.25, 0.3) is 5.91 Å². The van der Waals surface area contributed by atoms with E-state index in [1.54, 1.807) is 31.2 Å². The number of carbonyl (C=O) groups excluding carboxylic acids is 1. The molecule has 1 aliphatic rings. The summed E-state index contributed by atoms with van der Waals surface area (Å²) in [7, 11) is 0.366. The molecule has 1 fully saturated rings. The highest BCUT2D eigenvalue weighted by Crippen LogP contribution is 2.17. The Morgan fingerprint density at radius 3 is 2.35 bits per heavy atom. The number of hydrogen-bond acceptors (Lipinski definition) is 5. The normalized spacial score (nSPS) is 16.4. The van der Waals surface area contributed by atoms with Gasteiger partial charge in [0.2, 0.25) is 10.0 Å². The van der Waals surface area contributed by atoms with Crippen LogP contribution in [0.15, 0.2) is 24.3 Å². The summed E-state index contributed by atoms with van der Waals surface area (Å²) < 4.78 is 25.0. The Kier molecular flexibility index (Phi) is 7.43. The predicted octanol–water partition coefficient (Wildman–Crippen LogP) is 0.840. The molecule has 1 heterocycles. The van der Waals surface area contributed by atoms with E-state index in [2.05, 4.69) is 22.2 Å². The summed E-state index contributed by atoms with van der Waals surface area (Å²) in [5.74, 6) is -0.0881. The van der Waals surface area contributed by atoms with Gasteiger partial charge in [0, 0.05) is 45.3 Å². The first-order valence-corrected chi connectivity index (χ1v) is 10.7. The van der Waals surface area contributed by atoms with Crippen molar-refractivity contribution < 1.29 is 13.2 Å². The third-order valence-electron chi connectivity index (χ3n) is 4.81. The number of nitrogens with zero attached hydrogens (tertiary/aromatic N) is 3. The van der Waals surface area contributed by atoms with E-state index in [0.717, 1.165) is 39.1 Å². The van der Waals surface area contributed by atoms with Crippen LogP contribution in [0.5, 0.6) is 0 Å². The van der Waals surface area contributed by atoms with Crippen molar-refractivity contribution in [3.8, 4) is 0 Å². The fourth-order valence-electron chi connectivity index (χ4n) is 2.86. The van der Waals surface area contributed by atoms with Gasteiger partial charge >= 0.3 is 0 Å². The van der Waals surface area contributed by atoms with Crippen LogP contribution in [0, 0.1) is 0 Å². The van der Waals surface area contributed by atoms with E-state index in [0.29, 0.717) is 17.8 Å². The van der Waals surface area contributed by atoms with Crippen molar-refractivity contribution in [1.82, 2.24) is 15.1 Å². The van der Waals surface area contributed by atoms with E-state index < -0.39 is 10.0 Å². The van der Waals surface area contributed by atoms with Crippen molar-refractivity contribution >= 4 is 21.6 Å². The highest BCUT2D eigenvalue weighted by Gasteiger charge is 2.16. The molecule has 8 heteroatoms. The van der Waals surface area contributed by atoms with Crippen LogP contribution in [0.4, 0.5) is 5.69 Å². The average molecular weight is 383 g/mol. The SMILES string of the molecule is CCS(=O)(=O)N(C)c1ccc(C(=O)NCCCN2CCN(C)CC2)cc1. The van der Waals surface area contributed by atoms with Crippen LogP contribution in [0.1, 0.15) is 23.7 Å². The van der Waals surface area contributed by atoms with E-state index in [-0.39, 0.29) is 11.7 Å².